The average Bonchev–Trinajstić information content (AvgIpc) is 3.22. The topological polar surface area (TPSA) is 50.6 Å². The van der Waals surface area contributed by atoms with Crippen LogP contribution in [0, 0.1) is 0 Å². The van der Waals surface area contributed by atoms with Gasteiger partial charge in [-0.05, 0) is 44.0 Å². The van der Waals surface area contributed by atoms with Crippen LogP contribution in [0.15, 0.2) is 30.5 Å². The zero-order valence-corrected chi connectivity index (χ0v) is 18.5. The number of carbonyl (C=O) groups is 1. The van der Waals surface area contributed by atoms with Crippen molar-refractivity contribution in [3.8, 4) is 5.75 Å². The Morgan fingerprint density at radius 3 is 2.80 bits per heavy atom. The van der Waals surface area contributed by atoms with E-state index >= 15 is 0 Å². The summed E-state index contributed by atoms with van der Waals surface area (Å²) in [5.41, 5.74) is 2.28. The molecule has 2 aliphatic rings. The van der Waals surface area contributed by atoms with Crippen LogP contribution < -0.4 is 4.74 Å². The van der Waals surface area contributed by atoms with Crippen LogP contribution in [-0.4, -0.2) is 65.1 Å². The first-order chi connectivity index (χ1) is 14.6. The lowest BCUT2D eigenvalue weighted by Crippen LogP contribution is -2.48. The molecule has 4 rings (SSSR count). The predicted molar refractivity (Wildman–Crippen MR) is 118 cm³/mol. The number of nitrogens with zero attached hydrogens (tertiary/aromatic N) is 4. The van der Waals surface area contributed by atoms with Gasteiger partial charge in [-0.15, -0.1) is 0 Å². The molecule has 1 amide bonds. The molecule has 6 nitrogen and oxygen atoms in total. The number of amides is 1. The number of fused-ring (bicyclic) bond motifs is 1. The Morgan fingerprint density at radius 1 is 1.27 bits per heavy atom. The number of carbonyl (C=O) groups excluding carboxylic acids is 1. The maximum atomic E-state index is 13.3. The molecule has 2 atom stereocenters. The van der Waals surface area contributed by atoms with Crippen molar-refractivity contribution in [2.24, 2.45) is 0 Å². The van der Waals surface area contributed by atoms with Crippen LogP contribution in [0.4, 0.5) is 0 Å². The maximum Gasteiger partial charge on any atom is 0.223 e. The molecule has 30 heavy (non-hydrogen) atoms. The number of aryl methyl sites for hydroxylation is 1. The summed E-state index contributed by atoms with van der Waals surface area (Å²) in [5.74, 6) is 2.20. The number of aromatic nitrogens is 2. The van der Waals surface area contributed by atoms with Crippen LogP contribution in [0.1, 0.15) is 62.2 Å². The van der Waals surface area contributed by atoms with E-state index in [1.807, 2.05) is 23.2 Å². The fourth-order valence-electron chi connectivity index (χ4n) is 4.92. The number of benzene rings is 1. The van der Waals surface area contributed by atoms with Crippen LogP contribution in [0.5, 0.6) is 5.75 Å². The molecular weight excluding hydrogens is 376 g/mol. The molecule has 2 aliphatic heterocycles. The normalized spacial score (nSPS) is 20.6. The van der Waals surface area contributed by atoms with Gasteiger partial charge in [0.2, 0.25) is 5.91 Å². The van der Waals surface area contributed by atoms with Crippen molar-refractivity contribution in [1.29, 1.82) is 0 Å². The molecule has 0 aliphatic carbocycles. The summed E-state index contributed by atoms with van der Waals surface area (Å²) < 4.78 is 7.86. The standard InChI is InChI=1S/C24H34N4O2/c1-4-26-11-13-27(14-12-26)24(29)16-21(19-8-6-9-20(15-19)30-3)22-17-25-23-10-5-7-18(2)28(22)23/h6,8-9,15,17-18,21H,4-5,7,10-14,16H2,1-3H3. The van der Waals surface area contributed by atoms with Gasteiger partial charge in [-0.3, -0.25) is 4.79 Å². The third-order valence-electron chi connectivity index (χ3n) is 6.77. The van der Waals surface area contributed by atoms with E-state index in [-0.39, 0.29) is 11.8 Å². The van der Waals surface area contributed by atoms with Crippen molar-refractivity contribution in [2.75, 3.05) is 39.8 Å². The van der Waals surface area contributed by atoms with E-state index in [2.05, 4.69) is 35.4 Å². The predicted octanol–water partition coefficient (Wildman–Crippen LogP) is 3.48. The van der Waals surface area contributed by atoms with Crippen LogP contribution in [0.25, 0.3) is 0 Å². The summed E-state index contributed by atoms with van der Waals surface area (Å²) in [6.07, 6.45) is 5.83. The number of hydrogen-bond acceptors (Lipinski definition) is 4. The van der Waals surface area contributed by atoms with Gasteiger partial charge in [0.1, 0.15) is 11.6 Å². The fourth-order valence-corrected chi connectivity index (χ4v) is 4.92. The summed E-state index contributed by atoms with van der Waals surface area (Å²) in [6, 6.07) is 8.58. The highest BCUT2D eigenvalue weighted by Crippen LogP contribution is 2.36. The van der Waals surface area contributed by atoms with Gasteiger partial charge in [0.25, 0.3) is 0 Å². The molecule has 0 spiro atoms. The van der Waals surface area contributed by atoms with Crippen molar-refractivity contribution < 1.29 is 9.53 Å². The van der Waals surface area contributed by atoms with E-state index in [1.165, 1.54) is 6.42 Å². The van der Waals surface area contributed by atoms with Gasteiger partial charge < -0.3 is 19.1 Å². The number of piperazine rings is 1. The van der Waals surface area contributed by atoms with Crippen molar-refractivity contribution in [1.82, 2.24) is 19.4 Å². The molecule has 0 saturated carbocycles. The molecule has 1 aromatic heterocycles. The van der Waals surface area contributed by atoms with E-state index in [1.54, 1.807) is 7.11 Å². The fraction of sp³-hybridized carbons (Fsp3) is 0.583. The van der Waals surface area contributed by atoms with Gasteiger partial charge in [-0.25, -0.2) is 4.98 Å². The van der Waals surface area contributed by atoms with Crippen LogP contribution in [0.2, 0.25) is 0 Å². The van der Waals surface area contributed by atoms with Gasteiger partial charge in [-0.1, -0.05) is 19.1 Å². The van der Waals surface area contributed by atoms with Crippen LogP contribution in [-0.2, 0) is 11.2 Å². The molecule has 3 heterocycles. The van der Waals surface area contributed by atoms with E-state index in [9.17, 15) is 4.79 Å². The van der Waals surface area contributed by atoms with E-state index < -0.39 is 0 Å². The van der Waals surface area contributed by atoms with Gasteiger partial charge in [0.15, 0.2) is 0 Å². The first-order valence-electron chi connectivity index (χ1n) is 11.3. The molecule has 2 aromatic rings. The van der Waals surface area contributed by atoms with Crippen molar-refractivity contribution >= 4 is 5.91 Å². The monoisotopic (exact) mass is 410 g/mol. The van der Waals surface area contributed by atoms with Gasteiger partial charge in [-0.2, -0.15) is 0 Å². The number of methoxy groups -OCH3 is 1. The summed E-state index contributed by atoms with van der Waals surface area (Å²) in [7, 11) is 1.69. The minimum absolute atomic E-state index is 0.0152. The molecule has 1 aromatic carbocycles. The van der Waals surface area contributed by atoms with Crippen LogP contribution >= 0.6 is 0 Å². The van der Waals surface area contributed by atoms with E-state index in [0.717, 1.165) is 68.4 Å². The molecule has 0 radical (unpaired) electrons. The third-order valence-corrected chi connectivity index (χ3v) is 6.77. The van der Waals surface area contributed by atoms with Gasteiger partial charge >= 0.3 is 0 Å². The zero-order valence-electron chi connectivity index (χ0n) is 18.5. The van der Waals surface area contributed by atoms with E-state index in [0.29, 0.717) is 12.5 Å². The summed E-state index contributed by atoms with van der Waals surface area (Å²) in [5, 5.41) is 0. The number of imidazole rings is 1. The first kappa shape index (κ1) is 20.9. The van der Waals surface area contributed by atoms with Crippen molar-refractivity contribution in [3.05, 3.63) is 47.5 Å². The Labute approximate surface area is 179 Å². The second kappa shape index (κ2) is 9.21. The first-order valence-corrected chi connectivity index (χ1v) is 11.3. The molecule has 1 saturated heterocycles. The van der Waals surface area contributed by atoms with Crippen LogP contribution in [0.3, 0.4) is 0 Å². The minimum Gasteiger partial charge on any atom is -0.497 e. The molecule has 2 unspecified atom stereocenters. The average molecular weight is 411 g/mol. The lowest BCUT2D eigenvalue weighted by atomic mass is 9.90. The molecule has 162 valence electrons. The molecule has 1 fully saturated rings. The smallest absolute Gasteiger partial charge is 0.223 e. The second-order valence-electron chi connectivity index (χ2n) is 8.56. The SMILES string of the molecule is CCN1CCN(C(=O)CC(c2cccc(OC)c2)c2cnc3n2C(C)CCC3)CC1. The molecule has 0 N–H and O–H groups in total. The third kappa shape index (κ3) is 4.24. The largest absolute Gasteiger partial charge is 0.497 e. The van der Waals surface area contributed by atoms with E-state index in [4.69, 9.17) is 9.72 Å². The Balaban J connectivity index is 1.63. The zero-order chi connectivity index (χ0) is 21.1. The van der Waals surface area contributed by atoms with Gasteiger partial charge in [0, 0.05) is 62.9 Å². The summed E-state index contributed by atoms with van der Waals surface area (Å²) in [4.78, 5) is 22.5. The number of rotatable bonds is 6. The molecule has 6 heteroatoms. The lowest BCUT2D eigenvalue weighted by molar-refractivity contribution is -0.133. The lowest BCUT2D eigenvalue weighted by Gasteiger charge is -2.35. The highest BCUT2D eigenvalue weighted by molar-refractivity contribution is 5.78. The Kier molecular flexibility index (Phi) is 6.42. The Bertz CT molecular complexity index is 870. The van der Waals surface area contributed by atoms with Gasteiger partial charge in [0.05, 0.1) is 7.11 Å². The number of hydrogen-bond donors (Lipinski definition) is 0. The number of likely N-dealkylation sites (N-methyl/N-ethyl adjacent to an activating group) is 1. The second-order valence-corrected chi connectivity index (χ2v) is 8.56. The molecule has 0 bridgehead atoms. The van der Waals surface area contributed by atoms with Crippen molar-refractivity contribution in [3.63, 3.8) is 0 Å². The highest BCUT2D eigenvalue weighted by atomic mass is 16.5. The number of ether oxygens (including phenoxy) is 1. The minimum atomic E-state index is -0.0152. The van der Waals surface area contributed by atoms with Crippen molar-refractivity contribution in [2.45, 2.75) is 51.5 Å². The Hall–Kier alpha value is -2.34. The highest BCUT2D eigenvalue weighted by Gasteiger charge is 2.30. The maximum absolute atomic E-state index is 13.3. The molecular formula is C24H34N4O2. The summed E-state index contributed by atoms with van der Waals surface area (Å²) in [6.45, 7) is 9.06. The summed E-state index contributed by atoms with van der Waals surface area (Å²) >= 11 is 0. The Morgan fingerprint density at radius 2 is 2.07 bits per heavy atom. The quantitative estimate of drug-likeness (QED) is 0.732.